The van der Waals surface area contributed by atoms with E-state index in [1.165, 1.54) is 99.1 Å². The van der Waals surface area contributed by atoms with Gasteiger partial charge in [0, 0.05) is 5.41 Å². The zero-order valence-electron chi connectivity index (χ0n) is 28.8. The summed E-state index contributed by atoms with van der Waals surface area (Å²) in [5.74, 6) is 0. The molecule has 0 heterocycles. The lowest BCUT2D eigenvalue weighted by Crippen LogP contribution is -2.14. The smallest absolute Gasteiger partial charge is 0.00845 e. The molecule has 8 aromatic carbocycles. The van der Waals surface area contributed by atoms with Crippen LogP contribution in [0, 0.1) is 0 Å². The minimum Gasteiger partial charge on any atom is -0.0738 e. The van der Waals surface area contributed by atoms with E-state index in [0.717, 1.165) is 0 Å². The molecule has 0 saturated heterocycles. The average Bonchev–Trinajstić information content (AvgIpc) is 3.52. The third kappa shape index (κ3) is 4.90. The summed E-state index contributed by atoms with van der Waals surface area (Å²) in [6.07, 6.45) is 11.3. The molecule has 0 aliphatic heterocycles. The van der Waals surface area contributed by atoms with Crippen LogP contribution in [0.3, 0.4) is 0 Å². The lowest BCUT2D eigenvalue weighted by atomic mass is 9.81. The van der Waals surface area contributed by atoms with Crippen molar-refractivity contribution in [1.82, 2.24) is 0 Å². The van der Waals surface area contributed by atoms with Gasteiger partial charge >= 0.3 is 0 Å². The van der Waals surface area contributed by atoms with Crippen molar-refractivity contribution in [3.63, 3.8) is 0 Å². The molecule has 240 valence electrons. The highest BCUT2D eigenvalue weighted by atomic mass is 14.3. The van der Waals surface area contributed by atoms with Crippen LogP contribution in [0.5, 0.6) is 0 Å². The monoisotopic (exact) mass is 648 g/mol. The lowest BCUT2D eigenvalue weighted by molar-refractivity contribution is 0.669. The molecule has 0 saturated carbocycles. The van der Waals surface area contributed by atoms with Crippen molar-refractivity contribution in [2.45, 2.75) is 19.3 Å². The van der Waals surface area contributed by atoms with Gasteiger partial charge in [0.15, 0.2) is 0 Å². The average molecular weight is 649 g/mol. The summed E-state index contributed by atoms with van der Waals surface area (Å²) in [6, 6.07) is 56.4. The summed E-state index contributed by atoms with van der Waals surface area (Å²) >= 11 is 0. The van der Waals surface area contributed by atoms with Gasteiger partial charge in [0.05, 0.1) is 0 Å². The van der Waals surface area contributed by atoms with Gasteiger partial charge in [-0.2, -0.15) is 0 Å². The van der Waals surface area contributed by atoms with Crippen LogP contribution in [0.15, 0.2) is 176 Å². The van der Waals surface area contributed by atoms with Crippen LogP contribution < -0.4 is 0 Å². The second-order valence-electron chi connectivity index (χ2n) is 14.6. The van der Waals surface area contributed by atoms with Crippen molar-refractivity contribution in [3.8, 4) is 44.5 Å². The van der Waals surface area contributed by atoms with E-state index in [1.54, 1.807) is 0 Å². The molecule has 51 heavy (non-hydrogen) atoms. The molecule has 0 heteroatoms. The van der Waals surface area contributed by atoms with Crippen molar-refractivity contribution >= 4 is 44.0 Å². The van der Waals surface area contributed by atoms with Gasteiger partial charge in [-0.3, -0.25) is 0 Å². The van der Waals surface area contributed by atoms with E-state index in [2.05, 4.69) is 196 Å². The topological polar surface area (TPSA) is 0 Å². The Hall–Kier alpha value is -6.24. The Morgan fingerprint density at radius 2 is 1.00 bits per heavy atom. The Morgan fingerprint density at radius 1 is 0.412 bits per heavy atom. The fourth-order valence-corrected chi connectivity index (χ4v) is 8.38. The van der Waals surface area contributed by atoms with E-state index in [-0.39, 0.29) is 5.41 Å². The van der Waals surface area contributed by atoms with Gasteiger partial charge in [0.2, 0.25) is 0 Å². The summed E-state index contributed by atoms with van der Waals surface area (Å²) in [5.41, 5.74) is 15.3. The first-order valence-corrected chi connectivity index (χ1v) is 17.9. The van der Waals surface area contributed by atoms with E-state index in [9.17, 15) is 0 Å². The molecule has 0 atom stereocenters. The molecule has 0 radical (unpaired) electrons. The van der Waals surface area contributed by atoms with Crippen molar-refractivity contribution in [3.05, 3.63) is 193 Å². The first-order chi connectivity index (χ1) is 25.0. The van der Waals surface area contributed by atoms with Crippen molar-refractivity contribution in [1.29, 1.82) is 0 Å². The quantitative estimate of drug-likeness (QED) is 0.179. The molecule has 2 aliphatic carbocycles. The lowest BCUT2D eigenvalue weighted by Gasteiger charge is -2.23. The van der Waals surface area contributed by atoms with Gasteiger partial charge in [0.1, 0.15) is 0 Å². The number of allylic oxidation sites excluding steroid dienone is 5. The van der Waals surface area contributed by atoms with Crippen molar-refractivity contribution < 1.29 is 0 Å². The molecule has 0 fully saturated rings. The van der Waals surface area contributed by atoms with Gasteiger partial charge in [-0.25, -0.2) is 0 Å². The molecule has 0 aromatic heterocycles. The van der Waals surface area contributed by atoms with Gasteiger partial charge in [-0.05, 0) is 123 Å². The highest BCUT2D eigenvalue weighted by molar-refractivity contribution is 6.18. The first-order valence-electron chi connectivity index (χ1n) is 17.9. The number of rotatable bonds is 3. The van der Waals surface area contributed by atoms with E-state index >= 15 is 0 Å². The van der Waals surface area contributed by atoms with Crippen molar-refractivity contribution in [2.75, 3.05) is 0 Å². The Labute approximate surface area is 299 Å². The summed E-state index contributed by atoms with van der Waals surface area (Å²) in [5, 5.41) is 7.68. The zero-order valence-corrected chi connectivity index (χ0v) is 28.8. The molecule has 10 rings (SSSR count). The van der Waals surface area contributed by atoms with Gasteiger partial charge in [0.25, 0.3) is 0 Å². The van der Waals surface area contributed by atoms with Gasteiger partial charge < -0.3 is 0 Å². The number of benzene rings is 8. The Balaban J connectivity index is 0.990. The fourth-order valence-electron chi connectivity index (χ4n) is 8.38. The fraction of sp³-hybridized carbons (Fsp3) is 0.0588. The molecular formula is C51H36. The van der Waals surface area contributed by atoms with Crippen LogP contribution in [-0.2, 0) is 5.41 Å². The highest BCUT2D eigenvalue weighted by Crippen LogP contribution is 2.49. The minimum atomic E-state index is -0.0761. The minimum absolute atomic E-state index is 0.0761. The normalized spacial score (nSPS) is 16.5. The van der Waals surface area contributed by atoms with Crippen LogP contribution in [0.25, 0.3) is 88.5 Å². The summed E-state index contributed by atoms with van der Waals surface area (Å²) in [6.45, 7) is 4.59. The zero-order chi connectivity index (χ0) is 34.1. The van der Waals surface area contributed by atoms with Gasteiger partial charge in [-0.15, -0.1) is 0 Å². The van der Waals surface area contributed by atoms with E-state index < -0.39 is 0 Å². The molecular weight excluding hydrogens is 613 g/mol. The number of fused-ring (bicyclic) bond motifs is 6. The molecule has 2 aliphatic rings. The molecule has 0 spiro atoms. The first kappa shape index (κ1) is 29.7. The largest absolute Gasteiger partial charge is 0.0738 e. The molecule has 0 N–H and O–H groups in total. The maximum atomic E-state index is 2.35. The van der Waals surface area contributed by atoms with Gasteiger partial charge in [-0.1, -0.05) is 172 Å². The van der Waals surface area contributed by atoms with Crippen LogP contribution in [0.2, 0.25) is 0 Å². The second kappa shape index (κ2) is 11.4. The molecule has 0 unspecified atom stereocenters. The maximum absolute atomic E-state index is 2.35. The van der Waals surface area contributed by atoms with E-state index in [0.29, 0.717) is 0 Å². The SMILES string of the molecule is CC1(C)/C=C/C(c2ccc3ccc(-c4ccc5cc(-c6ccc7c8c(cccc68)-c6ccccc6-7)ccc5c4)cc3c2)=C\C=C\c2ccccc21. The standard InChI is InChI=1S/C51H36/c1-51(2)28-27-33(10-7-11-35-9-3-6-16-49(35)51)36-19-17-34-18-20-40(32-42(34)31-36)37-21-22-39-30-41(24-23-38(39)29-37)43-25-26-48-45-13-5-4-12-44(45)47-15-8-14-46(43)50(47)48/h3-32H,1-2H3/b11-7+,28-27+,33-10+. The Kier molecular flexibility index (Phi) is 6.63. The number of hydrogen-bond acceptors (Lipinski definition) is 0. The van der Waals surface area contributed by atoms with Crippen LogP contribution in [0.1, 0.15) is 30.5 Å². The molecule has 0 amide bonds. The van der Waals surface area contributed by atoms with Crippen LogP contribution in [0.4, 0.5) is 0 Å². The highest BCUT2D eigenvalue weighted by Gasteiger charge is 2.23. The molecule has 0 nitrogen and oxygen atoms in total. The van der Waals surface area contributed by atoms with E-state index in [1.807, 2.05) is 0 Å². The third-order valence-corrected chi connectivity index (χ3v) is 11.1. The second-order valence-corrected chi connectivity index (χ2v) is 14.6. The Bertz CT molecular complexity index is 2790. The van der Waals surface area contributed by atoms with Crippen LogP contribution >= 0.6 is 0 Å². The summed E-state index contributed by atoms with van der Waals surface area (Å²) in [4.78, 5) is 0. The predicted molar refractivity (Wildman–Crippen MR) is 220 cm³/mol. The van der Waals surface area contributed by atoms with Crippen LogP contribution in [-0.4, -0.2) is 0 Å². The summed E-state index contributed by atoms with van der Waals surface area (Å²) < 4.78 is 0. The Morgan fingerprint density at radius 3 is 1.80 bits per heavy atom. The molecule has 8 aromatic rings. The summed E-state index contributed by atoms with van der Waals surface area (Å²) in [7, 11) is 0. The van der Waals surface area contributed by atoms with Crippen molar-refractivity contribution in [2.24, 2.45) is 0 Å². The number of hydrogen-bond donors (Lipinski definition) is 0. The maximum Gasteiger partial charge on any atom is 0.00845 e. The van der Waals surface area contributed by atoms with E-state index in [4.69, 9.17) is 0 Å². The predicted octanol–water partition coefficient (Wildman–Crippen LogP) is 14.1. The third-order valence-electron chi connectivity index (χ3n) is 11.1. The molecule has 0 bridgehead atoms.